The summed E-state index contributed by atoms with van der Waals surface area (Å²) in [5, 5.41) is 12.2. The Morgan fingerprint density at radius 2 is 1.94 bits per heavy atom. The van der Waals surface area contributed by atoms with Gasteiger partial charge in [0, 0.05) is 26.2 Å². The van der Waals surface area contributed by atoms with Crippen molar-refractivity contribution >= 4 is 5.91 Å². The first-order valence-electron chi connectivity index (χ1n) is 6.85. The predicted molar refractivity (Wildman–Crippen MR) is 66.7 cm³/mol. The summed E-state index contributed by atoms with van der Waals surface area (Å²) in [6.45, 7) is 3.48. The Morgan fingerprint density at radius 1 is 1.24 bits per heavy atom. The summed E-state index contributed by atoms with van der Waals surface area (Å²) in [5.74, 6) is 0.240. The number of carbonyl (C=O) groups is 1. The van der Waals surface area contributed by atoms with E-state index in [1.165, 1.54) is 19.3 Å². The summed E-state index contributed by atoms with van der Waals surface area (Å²) >= 11 is 0. The second kappa shape index (κ2) is 5.83. The molecule has 1 aliphatic heterocycles. The largest absolute Gasteiger partial charge is 0.396 e. The molecule has 98 valence electrons. The summed E-state index contributed by atoms with van der Waals surface area (Å²) in [5.41, 5.74) is 0.303. The van der Waals surface area contributed by atoms with Crippen LogP contribution in [0.15, 0.2) is 0 Å². The molecule has 0 radical (unpaired) electrons. The summed E-state index contributed by atoms with van der Waals surface area (Å²) in [6, 6.07) is 0. The molecule has 1 amide bonds. The van der Waals surface area contributed by atoms with E-state index in [-0.39, 0.29) is 12.5 Å². The number of likely N-dealkylation sites (tertiary alicyclic amines) is 1. The van der Waals surface area contributed by atoms with Crippen LogP contribution in [0.3, 0.4) is 0 Å². The molecule has 1 heterocycles. The molecule has 4 nitrogen and oxygen atoms in total. The molecule has 17 heavy (non-hydrogen) atoms. The van der Waals surface area contributed by atoms with Crippen LogP contribution >= 0.6 is 0 Å². The smallest absolute Gasteiger partial charge is 0.236 e. The number of nitrogens with one attached hydrogen (secondary N) is 1. The number of aliphatic hydroxyl groups is 1. The van der Waals surface area contributed by atoms with E-state index in [9.17, 15) is 4.79 Å². The SMILES string of the molecule is O=C(CNCC1(CCO)CC1)N1CCCCC1. The third-order valence-electron chi connectivity index (χ3n) is 4.08. The molecule has 0 aromatic carbocycles. The normalized spacial score (nSPS) is 22.5. The van der Waals surface area contributed by atoms with Gasteiger partial charge in [0.1, 0.15) is 0 Å². The fourth-order valence-electron chi connectivity index (χ4n) is 2.62. The van der Waals surface area contributed by atoms with Crippen molar-refractivity contribution in [3.05, 3.63) is 0 Å². The third kappa shape index (κ3) is 3.68. The van der Waals surface area contributed by atoms with E-state index >= 15 is 0 Å². The van der Waals surface area contributed by atoms with Crippen LogP contribution in [0.4, 0.5) is 0 Å². The Hall–Kier alpha value is -0.610. The Kier molecular flexibility index (Phi) is 4.40. The van der Waals surface area contributed by atoms with Crippen molar-refractivity contribution in [3.8, 4) is 0 Å². The molecule has 0 atom stereocenters. The lowest BCUT2D eigenvalue weighted by Gasteiger charge is -2.27. The second-order valence-corrected chi connectivity index (χ2v) is 5.52. The minimum absolute atomic E-state index is 0.240. The van der Waals surface area contributed by atoms with Crippen molar-refractivity contribution in [1.82, 2.24) is 10.2 Å². The fourth-order valence-corrected chi connectivity index (χ4v) is 2.62. The Morgan fingerprint density at radius 3 is 2.53 bits per heavy atom. The van der Waals surface area contributed by atoms with E-state index in [1.807, 2.05) is 4.90 Å². The first-order chi connectivity index (χ1) is 8.26. The highest BCUT2D eigenvalue weighted by Gasteiger charge is 2.41. The van der Waals surface area contributed by atoms with Crippen LogP contribution in [0.5, 0.6) is 0 Å². The highest BCUT2D eigenvalue weighted by atomic mass is 16.3. The van der Waals surface area contributed by atoms with Gasteiger partial charge in [-0.1, -0.05) is 0 Å². The number of carbonyl (C=O) groups excluding carboxylic acids is 1. The van der Waals surface area contributed by atoms with Gasteiger partial charge >= 0.3 is 0 Å². The standard InChI is InChI=1S/C13H24N2O2/c16-9-6-13(4-5-13)11-14-10-12(17)15-7-2-1-3-8-15/h14,16H,1-11H2. The second-order valence-electron chi connectivity index (χ2n) is 5.52. The zero-order valence-corrected chi connectivity index (χ0v) is 10.6. The topological polar surface area (TPSA) is 52.6 Å². The minimum Gasteiger partial charge on any atom is -0.396 e. The fraction of sp³-hybridized carbons (Fsp3) is 0.923. The molecule has 2 rings (SSSR count). The molecule has 1 saturated carbocycles. The lowest BCUT2D eigenvalue weighted by Crippen LogP contribution is -2.42. The van der Waals surface area contributed by atoms with Gasteiger partial charge in [-0.15, -0.1) is 0 Å². The molecule has 0 unspecified atom stereocenters. The Balaban J connectivity index is 1.62. The summed E-state index contributed by atoms with van der Waals surface area (Å²) in [4.78, 5) is 13.9. The number of nitrogens with zero attached hydrogens (tertiary/aromatic N) is 1. The van der Waals surface area contributed by atoms with Gasteiger partial charge in [-0.25, -0.2) is 0 Å². The molecule has 2 fully saturated rings. The van der Waals surface area contributed by atoms with Gasteiger partial charge in [-0.2, -0.15) is 0 Å². The van der Waals surface area contributed by atoms with E-state index in [2.05, 4.69) is 5.32 Å². The van der Waals surface area contributed by atoms with Gasteiger partial charge in [-0.05, 0) is 43.9 Å². The van der Waals surface area contributed by atoms with Crippen molar-refractivity contribution in [1.29, 1.82) is 0 Å². The molecule has 1 saturated heterocycles. The Bertz CT molecular complexity index is 258. The molecule has 0 aromatic heterocycles. The number of aliphatic hydroxyl groups excluding tert-OH is 1. The number of rotatable bonds is 6. The zero-order valence-electron chi connectivity index (χ0n) is 10.6. The minimum atomic E-state index is 0.240. The van der Waals surface area contributed by atoms with Crippen molar-refractivity contribution < 1.29 is 9.90 Å². The van der Waals surface area contributed by atoms with Crippen molar-refractivity contribution in [3.63, 3.8) is 0 Å². The first-order valence-corrected chi connectivity index (χ1v) is 6.85. The maximum atomic E-state index is 11.9. The summed E-state index contributed by atoms with van der Waals surface area (Å²) in [6.07, 6.45) is 6.83. The van der Waals surface area contributed by atoms with Gasteiger partial charge in [0.15, 0.2) is 0 Å². The monoisotopic (exact) mass is 240 g/mol. The van der Waals surface area contributed by atoms with E-state index in [4.69, 9.17) is 5.11 Å². The molecular formula is C13H24N2O2. The lowest BCUT2D eigenvalue weighted by atomic mass is 10.0. The summed E-state index contributed by atoms with van der Waals surface area (Å²) in [7, 11) is 0. The average Bonchev–Trinajstić information content (AvgIpc) is 3.11. The number of amides is 1. The molecule has 0 bridgehead atoms. The lowest BCUT2D eigenvalue weighted by molar-refractivity contribution is -0.131. The first kappa shape index (κ1) is 12.8. The maximum Gasteiger partial charge on any atom is 0.236 e. The van der Waals surface area contributed by atoms with Crippen LogP contribution < -0.4 is 5.32 Å². The maximum absolute atomic E-state index is 11.9. The average molecular weight is 240 g/mol. The quantitative estimate of drug-likeness (QED) is 0.720. The van der Waals surface area contributed by atoms with Gasteiger partial charge in [0.05, 0.1) is 6.54 Å². The van der Waals surface area contributed by atoms with E-state index in [0.29, 0.717) is 12.0 Å². The molecule has 2 aliphatic rings. The third-order valence-corrected chi connectivity index (χ3v) is 4.08. The number of hydrogen-bond donors (Lipinski definition) is 2. The van der Waals surface area contributed by atoms with Crippen molar-refractivity contribution in [2.24, 2.45) is 5.41 Å². The number of piperidine rings is 1. The van der Waals surface area contributed by atoms with Gasteiger partial charge in [0.2, 0.25) is 5.91 Å². The van der Waals surface area contributed by atoms with Crippen LogP contribution in [-0.2, 0) is 4.79 Å². The van der Waals surface area contributed by atoms with E-state index in [1.54, 1.807) is 0 Å². The highest BCUT2D eigenvalue weighted by Crippen LogP contribution is 2.47. The van der Waals surface area contributed by atoms with Crippen molar-refractivity contribution in [2.45, 2.75) is 38.5 Å². The highest BCUT2D eigenvalue weighted by molar-refractivity contribution is 5.78. The van der Waals surface area contributed by atoms with Gasteiger partial charge in [0.25, 0.3) is 0 Å². The van der Waals surface area contributed by atoms with Crippen LogP contribution in [0.1, 0.15) is 38.5 Å². The number of hydrogen-bond acceptors (Lipinski definition) is 3. The van der Waals surface area contributed by atoms with Crippen LogP contribution in [0.25, 0.3) is 0 Å². The van der Waals surface area contributed by atoms with E-state index in [0.717, 1.165) is 38.9 Å². The molecule has 0 aromatic rings. The van der Waals surface area contributed by atoms with Crippen LogP contribution in [-0.4, -0.2) is 48.7 Å². The van der Waals surface area contributed by atoms with Crippen molar-refractivity contribution in [2.75, 3.05) is 32.8 Å². The zero-order chi connectivity index (χ0) is 12.1. The van der Waals surface area contributed by atoms with Gasteiger partial charge < -0.3 is 15.3 Å². The molecule has 1 aliphatic carbocycles. The molecule has 0 spiro atoms. The molecule has 4 heteroatoms. The van der Waals surface area contributed by atoms with Gasteiger partial charge in [-0.3, -0.25) is 4.79 Å². The summed E-state index contributed by atoms with van der Waals surface area (Å²) < 4.78 is 0. The Labute approximate surface area is 103 Å². The van der Waals surface area contributed by atoms with E-state index < -0.39 is 0 Å². The molecule has 2 N–H and O–H groups in total. The predicted octanol–water partition coefficient (Wildman–Crippen LogP) is 0.751. The van der Waals surface area contributed by atoms with Crippen LogP contribution in [0, 0.1) is 5.41 Å². The molecular weight excluding hydrogens is 216 g/mol. The van der Waals surface area contributed by atoms with Crippen LogP contribution in [0.2, 0.25) is 0 Å².